The van der Waals surface area contributed by atoms with Gasteiger partial charge in [0, 0.05) is 28.6 Å². The third-order valence-corrected chi connectivity index (χ3v) is 5.29. The molecule has 158 valence electrons. The van der Waals surface area contributed by atoms with E-state index in [1.165, 1.54) is 11.6 Å². The summed E-state index contributed by atoms with van der Waals surface area (Å²) in [7, 11) is 0. The van der Waals surface area contributed by atoms with Crippen LogP contribution in [0.3, 0.4) is 0 Å². The maximum absolute atomic E-state index is 9.98. The van der Waals surface area contributed by atoms with Crippen molar-refractivity contribution in [2.45, 2.75) is 38.6 Å². The Labute approximate surface area is 178 Å². The second-order valence-corrected chi connectivity index (χ2v) is 8.20. The van der Waals surface area contributed by atoms with E-state index < -0.39 is 0 Å². The molecule has 3 heterocycles. The van der Waals surface area contributed by atoms with Crippen LogP contribution in [-0.2, 0) is 0 Å². The van der Waals surface area contributed by atoms with Crippen LogP contribution < -0.4 is 16.0 Å². The molecular weight excluding hydrogens is 392 g/mol. The number of aromatic hydroxyl groups is 2. The molecular formula is C23H24N6O2. The van der Waals surface area contributed by atoms with Gasteiger partial charge in [0.15, 0.2) is 22.9 Å². The Kier molecular flexibility index (Phi) is 4.62. The summed E-state index contributed by atoms with van der Waals surface area (Å²) in [6.07, 6.45) is 5.57. The van der Waals surface area contributed by atoms with Crippen molar-refractivity contribution in [2.24, 2.45) is 4.99 Å². The molecule has 0 unspecified atom stereocenters. The van der Waals surface area contributed by atoms with Crippen molar-refractivity contribution >= 4 is 23.2 Å². The van der Waals surface area contributed by atoms with Crippen LogP contribution in [0.4, 0.5) is 11.5 Å². The van der Waals surface area contributed by atoms with Gasteiger partial charge in [0.2, 0.25) is 0 Å². The minimum Gasteiger partial charge on any atom is -0.494 e. The van der Waals surface area contributed by atoms with E-state index >= 15 is 0 Å². The van der Waals surface area contributed by atoms with Crippen LogP contribution in [0.2, 0.25) is 0 Å². The molecule has 4 N–H and O–H groups in total. The summed E-state index contributed by atoms with van der Waals surface area (Å²) < 4.78 is 1.71. The number of benzene rings is 1. The topological polar surface area (TPSA) is 111 Å². The molecule has 8 nitrogen and oxygen atoms in total. The molecule has 0 radical (unpaired) electrons. The average molecular weight is 416 g/mol. The SMILES string of the molecule is CC(C)c1cccc(Nc2cc(=NC3CC3)n3ncc(=Cc4cc(O)[nH]c4O)c3n2)c1. The Morgan fingerprint density at radius 1 is 1.23 bits per heavy atom. The van der Waals surface area contributed by atoms with Gasteiger partial charge in [-0.3, -0.25) is 9.98 Å². The van der Waals surface area contributed by atoms with Crippen molar-refractivity contribution in [1.82, 2.24) is 19.6 Å². The van der Waals surface area contributed by atoms with Gasteiger partial charge in [0.05, 0.1) is 12.2 Å². The molecule has 0 bridgehead atoms. The zero-order valence-corrected chi connectivity index (χ0v) is 17.4. The highest BCUT2D eigenvalue weighted by Crippen LogP contribution is 2.24. The number of nitrogens with one attached hydrogen (secondary N) is 2. The second-order valence-electron chi connectivity index (χ2n) is 8.20. The lowest BCUT2D eigenvalue weighted by molar-refractivity contribution is 0.425. The smallest absolute Gasteiger partial charge is 0.198 e. The predicted octanol–water partition coefficient (Wildman–Crippen LogP) is 2.95. The molecule has 5 rings (SSSR count). The number of nitrogens with zero attached hydrogens (tertiary/aromatic N) is 4. The summed E-state index contributed by atoms with van der Waals surface area (Å²) in [5.41, 5.74) is 4.01. The third kappa shape index (κ3) is 3.96. The summed E-state index contributed by atoms with van der Waals surface area (Å²) in [4.78, 5) is 12.0. The molecule has 8 heteroatoms. The Morgan fingerprint density at radius 2 is 2.06 bits per heavy atom. The molecule has 1 saturated carbocycles. The van der Waals surface area contributed by atoms with Gasteiger partial charge in [-0.2, -0.15) is 9.61 Å². The molecule has 0 spiro atoms. The zero-order chi connectivity index (χ0) is 21.5. The van der Waals surface area contributed by atoms with Crippen LogP contribution in [0.1, 0.15) is 43.7 Å². The van der Waals surface area contributed by atoms with E-state index in [2.05, 4.69) is 41.4 Å². The lowest BCUT2D eigenvalue weighted by atomic mass is 10.0. The summed E-state index contributed by atoms with van der Waals surface area (Å²) in [5.74, 6) is 0.882. The van der Waals surface area contributed by atoms with Gasteiger partial charge in [-0.25, -0.2) is 4.98 Å². The van der Waals surface area contributed by atoms with Crippen molar-refractivity contribution in [3.63, 3.8) is 0 Å². The Balaban J connectivity index is 1.64. The number of hydrogen-bond acceptors (Lipinski definition) is 6. The molecule has 31 heavy (non-hydrogen) atoms. The quantitative estimate of drug-likeness (QED) is 0.400. The van der Waals surface area contributed by atoms with Crippen molar-refractivity contribution in [1.29, 1.82) is 0 Å². The molecule has 1 aliphatic rings. The predicted molar refractivity (Wildman–Crippen MR) is 118 cm³/mol. The Bertz CT molecular complexity index is 1380. The van der Waals surface area contributed by atoms with Crippen LogP contribution in [0.15, 0.2) is 47.6 Å². The van der Waals surface area contributed by atoms with Gasteiger partial charge in [-0.05, 0) is 42.5 Å². The fourth-order valence-corrected chi connectivity index (χ4v) is 3.46. The van der Waals surface area contributed by atoms with Crippen molar-refractivity contribution in [3.8, 4) is 11.8 Å². The van der Waals surface area contributed by atoms with E-state index in [-0.39, 0.29) is 11.8 Å². The summed E-state index contributed by atoms with van der Waals surface area (Å²) in [6.45, 7) is 4.33. The first-order valence-corrected chi connectivity index (χ1v) is 10.4. The number of rotatable bonds is 5. The van der Waals surface area contributed by atoms with E-state index in [1.54, 1.807) is 16.8 Å². The van der Waals surface area contributed by atoms with Crippen LogP contribution in [0, 0.1) is 0 Å². The first-order valence-electron chi connectivity index (χ1n) is 10.4. The number of fused-ring (bicyclic) bond motifs is 1. The van der Waals surface area contributed by atoms with Crippen LogP contribution in [0.25, 0.3) is 11.7 Å². The van der Waals surface area contributed by atoms with Gasteiger partial charge in [-0.1, -0.05) is 26.0 Å². The lowest BCUT2D eigenvalue weighted by Crippen LogP contribution is -2.19. The Morgan fingerprint density at radius 3 is 2.77 bits per heavy atom. The minimum absolute atomic E-state index is 0.106. The van der Waals surface area contributed by atoms with Crippen molar-refractivity contribution in [3.05, 3.63) is 64.4 Å². The summed E-state index contributed by atoms with van der Waals surface area (Å²) >= 11 is 0. The van der Waals surface area contributed by atoms with Gasteiger partial charge in [-0.15, -0.1) is 0 Å². The van der Waals surface area contributed by atoms with E-state index in [1.807, 2.05) is 18.2 Å². The first-order chi connectivity index (χ1) is 15.0. The number of H-pyrrole nitrogens is 1. The van der Waals surface area contributed by atoms with Gasteiger partial charge in [0.1, 0.15) is 5.82 Å². The van der Waals surface area contributed by atoms with E-state index in [4.69, 9.17) is 9.98 Å². The molecule has 0 aliphatic heterocycles. The number of aromatic amines is 1. The van der Waals surface area contributed by atoms with Crippen LogP contribution in [0.5, 0.6) is 11.8 Å². The fourth-order valence-electron chi connectivity index (χ4n) is 3.46. The highest BCUT2D eigenvalue weighted by Gasteiger charge is 2.20. The molecule has 1 aliphatic carbocycles. The molecule has 0 amide bonds. The maximum Gasteiger partial charge on any atom is 0.198 e. The molecule has 3 aromatic heterocycles. The van der Waals surface area contributed by atoms with Gasteiger partial charge in [0.25, 0.3) is 0 Å². The van der Waals surface area contributed by atoms with Gasteiger partial charge < -0.3 is 15.5 Å². The average Bonchev–Trinajstić information content (AvgIpc) is 3.37. The molecule has 0 atom stereocenters. The lowest BCUT2D eigenvalue weighted by Gasteiger charge is -2.10. The number of hydrogen-bond donors (Lipinski definition) is 4. The molecule has 4 aromatic rings. The first kappa shape index (κ1) is 19.2. The van der Waals surface area contributed by atoms with Crippen molar-refractivity contribution in [2.75, 3.05) is 5.32 Å². The Hall–Kier alpha value is -3.81. The summed E-state index contributed by atoms with van der Waals surface area (Å²) in [6, 6.07) is 12.0. The molecule has 1 fully saturated rings. The van der Waals surface area contributed by atoms with Crippen molar-refractivity contribution < 1.29 is 10.2 Å². The van der Waals surface area contributed by atoms with Crippen LogP contribution in [-0.4, -0.2) is 35.8 Å². The largest absolute Gasteiger partial charge is 0.494 e. The monoisotopic (exact) mass is 416 g/mol. The molecule has 1 aromatic carbocycles. The number of aromatic nitrogens is 4. The second kappa shape index (κ2) is 7.46. The normalized spacial score (nSPS) is 15.3. The zero-order valence-electron chi connectivity index (χ0n) is 17.4. The molecule has 0 saturated heterocycles. The number of anilines is 2. The maximum atomic E-state index is 9.98. The third-order valence-electron chi connectivity index (χ3n) is 5.29. The highest BCUT2D eigenvalue weighted by atomic mass is 16.3. The fraction of sp³-hybridized carbons (Fsp3) is 0.261. The van der Waals surface area contributed by atoms with E-state index in [9.17, 15) is 10.2 Å². The van der Waals surface area contributed by atoms with E-state index in [0.717, 1.165) is 24.0 Å². The standard InChI is InChI=1S/C23H24N6O2/c1-13(2)14-4-3-5-18(9-14)25-19-11-20(26-17-6-7-17)29-22(27-19)16(12-24-29)8-15-10-21(30)28-23(15)31/h3-5,8-13,17,25,28,30-31H,6-7H2,1-2H3. The summed E-state index contributed by atoms with van der Waals surface area (Å²) in [5, 5.41) is 28.2. The van der Waals surface area contributed by atoms with E-state index in [0.29, 0.717) is 34.2 Å². The van der Waals surface area contributed by atoms with Gasteiger partial charge >= 0.3 is 0 Å². The van der Waals surface area contributed by atoms with Crippen LogP contribution >= 0.6 is 0 Å². The highest BCUT2D eigenvalue weighted by molar-refractivity contribution is 5.63. The minimum atomic E-state index is -0.112.